The van der Waals surface area contributed by atoms with Gasteiger partial charge in [-0.15, -0.1) is 0 Å². The molecular formula is C11H12O. The lowest BCUT2D eigenvalue weighted by molar-refractivity contribution is 0.329. The van der Waals surface area contributed by atoms with Crippen LogP contribution in [0.2, 0.25) is 0 Å². The number of rotatable bonds is 2. The van der Waals surface area contributed by atoms with Crippen molar-refractivity contribution < 1.29 is 4.74 Å². The Morgan fingerprint density at radius 1 is 1.42 bits per heavy atom. The Bertz CT molecular complexity index is 293. The van der Waals surface area contributed by atoms with Crippen LogP contribution in [-0.4, -0.2) is 6.61 Å². The van der Waals surface area contributed by atoms with Gasteiger partial charge in [-0.25, -0.2) is 0 Å². The maximum atomic E-state index is 5.33. The normalized spacial score (nSPS) is 26.8. The summed E-state index contributed by atoms with van der Waals surface area (Å²) in [6, 6.07) is 8.33. The van der Waals surface area contributed by atoms with Crippen LogP contribution in [0, 0.1) is 0 Å². The smallest absolute Gasteiger partial charge is 0.114 e. The monoisotopic (exact) mass is 160 g/mol. The average Bonchev–Trinajstić information content (AvgIpc) is 2.85. The summed E-state index contributed by atoms with van der Waals surface area (Å²) in [5, 5.41) is 0. The van der Waals surface area contributed by atoms with Gasteiger partial charge in [0.25, 0.3) is 0 Å². The van der Waals surface area contributed by atoms with Crippen LogP contribution < -0.4 is 0 Å². The SMILES string of the molecule is C=Cc1ccc(C2(C)CO2)cc1. The van der Waals surface area contributed by atoms with E-state index in [4.69, 9.17) is 4.74 Å². The van der Waals surface area contributed by atoms with Crippen molar-refractivity contribution in [1.29, 1.82) is 0 Å². The highest BCUT2D eigenvalue weighted by molar-refractivity contribution is 5.48. The van der Waals surface area contributed by atoms with Gasteiger partial charge in [0.2, 0.25) is 0 Å². The molecule has 0 amide bonds. The number of epoxide rings is 1. The summed E-state index contributed by atoms with van der Waals surface area (Å²) in [7, 11) is 0. The van der Waals surface area contributed by atoms with Crippen LogP contribution in [0.25, 0.3) is 6.08 Å². The first-order chi connectivity index (χ1) is 5.74. The van der Waals surface area contributed by atoms with Crippen LogP contribution in [-0.2, 0) is 10.3 Å². The lowest BCUT2D eigenvalue weighted by atomic mass is 10.0. The van der Waals surface area contributed by atoms with E-state index >= 15 is 0 Å². The zero-order chi connectivity index (χ0) is 8.60. The van der Waals surface area contributed by atoms with E-state index < -0.39 is 0 Å². The molecule has 1 atom stereocenters. The summed E-state index contributed by atoms with van der Waals surface area (Å²) in [5.74, 6) is 0. The van der Waals surface area contributed by atoms with Gasteiger partial charge >= 0.3 is 0 Å². The van der Waals surface area contributed by atoms with Crippen molar-refractivity contribution in [2.24, 2.45) is 0 Å². The molecule has 0 saturated carbocycles. The highest BCUT2D eigenvalue weighted by atomic mass is 16.6. The number of hydrogen-bond donors (Lipinski definition) is 0. The molecule has 1 aromatic carbocycles. The minimum atomic E-state index is -0.000298. The summed E-state index contributed by atoms with van der Waals surface area (Å²) < 4.78 is 5.33. The second-order valence-corrected chi connectivity index (χ2v) is 3.35. The van der Waals surface area contributed by atoms with Crippen LogP contribution in [0.4, 0.5) is 0 Å². The fourth-order valence-corrected chi connectivity index (χ4v) is 1.25. The molecule has 1 nitrogen and oxygen atoms in total. The lowest BCUT2D eigenvalue weighted by Gasteiger charge is -2.04. The van der Waals surface area contributed by atoms with Gasteiger partial charge in [-0.3, -0.25) is 0 Å². The van der Waals surface area contributed by atoms with E-state index in [1.54, 1.807) is 0 Å². The molecule has 1 aliphatic heterocycles. The number of ether oxygens (including phenoxy) is 1. The topological polar surface area (TPSA) is 12.5 Å². The van der Waals surface area contributed by atoms with Gasteiger partial charge < -0.3 is 4.74 Å². The molecule has 1 saturated heterocycles. The number of hydrogen-bond acceptors (Lipinski definition) is 1. The molecule has 0 aliphatic carbocycles. The molecule has 62 valence electrons. The standard InChI is InChI=1S/C11H12O/c1-3-9-4-6-10(7-5-9)11(2)8-12-11/h3-7H,1,8H2,2H3. The summed E-state index contributed by atoms with van der Waals surface area (Å²) in [6.07, 6.45) is 1.85. The van der Waals surface area contributed by atoms with Gasteiger partial charge in [-0.2, -0.15) is 0 Å². The van der Waals surface area contributed by atoms with Crippen molar-refractivity contribution >= 4 is 6.08 Å². The van der Waals surface area contributed by atoms with E-state index in [-0.39, 0.29) is 5.60 Å². The second-order valence-electron chi connectivity index (χ2n) is 3.35. The molecule has 1 aromatic rings. The molecule has 0 radical (unpaired) electrons. The van der Waals surface area contributed by atoms with E-state index in [0.29, 0.717) is 0 Å². The van der Waals surface area contributed by atoms with Crippen molar-refractivity contribution in [3.8, 4) is 0 Å². The van der Waals surface area contributed by atoms with Crippen molar-refractivity contribution in [3.63, 3.8) is 0 Å². The zero-order valence-electron chi connectivity index (χ0n) is 7.21. The Morgan fingerprint density at radius 3 is 2.42 bits per heavy atom. The first-order valence-electron chi connectivity index (χ1n) is 4.11. The Morgan fingerprint density at radius 2 is 2.00 bits per heavy atom. The maximum absolute atomic E-state index is 5.33. The molecule has 0 aromatic heterocycles. The Hall–Kier alpha value is -1.08. The van der Waals surface area contributed by atoms with Gasteiger partial charge in [-0.05, 0) is 18.1 Å². The van der Waals surface area contributed by atoms with E-state index in [0.717, 1.165) is 12.2 Å². The van der Waals surface area contributed by atoms with Gasteiger partial charge in [0.15, 0.2) is 0 Å². The first kappa shape index (κ1) is 7.56. The Kier molecular flexibility index (Phi) is 1.55. The third-order valence-corrected chi connectivity index (χ3v) is 2.33. The molecule has 2 rings (SSSR count). The van der Waals surface area contributed by atoms with Crippen molar-refractivity contribution in [2.45, 2.75) is 12.5 Å². The molecular weight excluding hydrogens is 148 g/mol. The molecule has 0 N–H and O–H groups in total. The first-order valence-corrected chi connectivity index (χ1v) is 4.11. The predicted molar refractivity (Wildman–Crippen MR) is 49.8 cm³/mol. The van der Waals surface area contributed by atoms with Crippen LogP contribution in [0.3, 0.4) is 0 Å². The van der Waals surface area contributed by atoms with Crippen LogP contribution in [0.15, 0.2) is 30.8 Å². The van der Waals surface area contributed by atoms with E-state index in [1.807, 2.05) is 6.08 Å². The maximum Gasteiger partial charge on any atom is 0.114 e. The highest BCUT2D eigenvalue weighted by Crippen LogP contribution is 2.37. The predicted octanol–water partition coefficient (Wildman–Crippen LogP) is 2.58. The minimum absolute atomic E-state index is 0.000298. The lowest BCUT2D eigenvalue weighted by Crippen LogP contribution is -2.00. The molecule has 1 heterocycles. The van der Waals surface area contributed by atoms with Crippen LogP contribution in [0.5, 0.6) is 0 Å². The van der Waals surface area contributed by atoms with Crippen molar-refractivity contribution in [3.05, 3.63) is 42.0 Å². The van der Waals surface area contributed by atoms with E-state index in [1.165, 1.54) is 5.56 Å². The van der Waals surface area contributed by atoms with Gasteiger partial charge in [0.1, 0.15) is 5.60 Å². The fourth-order valence-electron chi connectivity index (χ4n) is 1.25. The van der Waals surface area contributed by atoms with Gasteiger partial charge in [0, 0.05) is 0 Å². The van der Waals surface area contributed by atoms with Crippen LogP contribution >= 0.6 is 0 Å². The summed E-state index contributed by atoms with van der Waals surface area (Å²) >= 11 is 0. The molecule has 0 spiro atoms. The fraction of sp³-hybridized carbons (Fsp3) is 0.273. The quantitative estimate of drug-likeness (QED) is 0.606. The largest absolute Gasteiger partial charge is 0.365 e. The zero-order valence-corrected chi connectivity index (χ0v) is 7.21. The molecule has 1 aliphatic rings. The van der Waals surface area contributed by atoms with Crippen molar-refractivity contribution in [1.82, 2.24) is 0 Å². The summed E-state index contributed by atoms with van der Waals surface area (Å²) in [5.41, 5.74) is 2.41. The molecule has 1 fully saturated rings. The Balaban J connectivity index is 2.30. The van der Waals surface area contributed by atoms with Crippen molar-refractivity contribution in [2.75, 3.05) is 6.61 Å². The second kappa shape index (κ2) is 2.46. The molecule has 0 bridgehead atoms. The summed E-state index contributed by atoms with van der Waals surface area (Å²) in [6.45, 7) is 6.66. The van der Waals surface area contributed by atoms with Gasteiger partial charge in [-0.1, -0.05) is 36.9 Å². The van der Waals surface area contributed by atoms with E-state index in [2.05, 4.69) is 37.8 Å². The average molecular weight is 160 g/mol. The molecule has 12 heavy (non-hydrogen) atoms. The van der Waals surface area contributed by atoms with Gasteiger partial charge in [0.05, 0.1) is 6.61 Å². The molecule has 1 unspecified atom stereocenters. The summed E-state index contributed by atoms with van der Waals surface area (Å²) in [4.78, 5) is 0. The molecule has 1 heteroatoms. The minimum Gasteiger partial charge on any atom is -0.365 e. The third-order valence-electron chi connectivity index (χ3n) is 2.33. The van der Waals surface area contributed by atoms with E-state index in [9.17, 15) is 0 Å². The third kappa shape index (κ3) is 1.16. The van der Waals surface area contributed by atoms with Crippen LogP contribution in [0.1, 0.15) is 18.1 Å². The highest BCUT2D eigenvalue weighted by Gasteiger charge is 2.40. The Labute approximate surface area is 72.7 Å². The number of benzene rings is 1.